The average Bonchev–Trinajstić information content (AvgIpc) is 2.69. The van der Waals surface area contributed by atoms with Crippen LogP contribution in [0.3, 0.4) is 0 Å². The van der Waals surface area contributed by atoms with Crippen molar-refractivity contribution >= 4 is 5.82 Å². The number of nitrogens with zero attached hydrogens (tertiary/aromatic N) is 1. The van der Waals surface area contributed by atoms with Gasteiger partial charge in [-0.3, -0.25) is 0 Å². The summed E-state index contributed by atoms with van der Waals surface area (Å²) >= 11 is 0. The first kappa shape index (κ1) is 10.7. The highest BCUT2D eigenvalue weighted by molar-refractivity contribution is 5.44. The molecule has 0 aliphatic rings. The molecule has 0 saturated carbocycles. The number of aryl methyl sites for hydroxylation is 1. The van der Waals surface area contributed by atoms with Crippen molar-refractivity contribution in [1.29, 1.82) is 0 Å². The van der Waals surface area contributed by atoms with E-state index in [0.29, 0.717) is 5.82 Å². The molecule has 2 heterocycles. The topological polar surface area (TPSA) is 64.1 Å². The van der Waals surface area contributed by atoms with E-state index in [0.717, 1.165) is 16.9 Å². The number of nitrogens with two attached hydrogens (primary N) is 1. The highest BCUT2D eigenvalue weighted by atomic mass is 16.3. The predicted octanol–water partition coefficient (Wildman–Crippen LogP) is 1.87. The molecule has 1 atom stereocenters. The molecule has 0 amide bonds. The third kappa shape index (κ3) is 1.79. The first-order chi connectivity index (χ1) is 7.74. The van der Waals surface area contributed by atoms with Gasteiger partial charge in [0.25, 0.3) is 0 Å². The number of nitrogen functional groups attached to an aromatic ring is 1. The van der Waals surface area contributed by atoms with Gasteiger partial charge >= 0.3 is 0 Å². The van der Waals surface area contributed by atoms with Gasteiger partial charge in [0.1, 0.15) is 11.6 Å². The molecule has 3 N–H and O–H groups in total. The minimum atomic E-state index is -0.0521. The molecule has 1 unspecified atom stereocenters. The molecule has 16 heavy (non-hydrogen) atoms. The number of hydrogen-bond donors (Lipinski definition) is 2. The number of rotatable bonds is 3. The van der Waals surface area contributed by atoms with Crippen molar-refractivity contribution in [3.05, 3.63) is 47.5 Å². The molecule has 0 fully saturated rings. The molecule has 0 aromatic carbocycles. The Morgan fingerprint density at radius 2 is 2.25 bits per heavy atom. The molecule has 4 nitrogen and oxygen atoms in total. The Balaban J connectivity index is 2.45. The maximum absolute atomic E-state index is 5.86. The Morgan fingerprint density at radius 3 is 2.81 bits per heavy atom. The summed E-state index contributed by atoms with van der Waals surface area (Å²) in [6.07, 6.45) is 3.36. The maximum Gasteiger partial charge on any atom is 0.128 e. The first-order valence-corrected chi connectivity index (χ1v) is 5.15. The normalized spacial score (nSPS) is 12.6. The van der Waals surface area contributed by atoms with Gasteiger partial charge in [0.05, 0.1) is 12.3 Å². The maximum atomic E-state index is 5.86. The van der Waals surface area contributed by atoms with Crippen molar-refractivity contribution in [3.63, 3.8) is 0 Å². The molecular formula is C12H15N3O. The Kier molecular flexibility index (Phi) is 2.92. The van der Waals surface area contributed by atoms with Crippen molar-refractivity contribution in [3.8, 4) is 0 Å². The quantitative estimate of drug-likeness (QED) is 0.823. The molecule has 4 heteroatoms. The smallest absolute Gasteiger partial charge is 0.128 e. The largest absolute Gasteiger partial charge is 0.467 e. The van der Waals surface area contributed by atoms with Gasteiger partial charge in [0.2, 0.25) is 0 Å². The van der Waals surface area contributed by atoms with Gasteiger partial charge in [-0.05, 0) is 31.7 Å². The molecule has 0 bridgehead atoms. The number of furan rings is 1. The molecule has 2 aromatic rings. The third-order valence-electron chi connectivity index (χ3n) is 2.63. The van der Waals surface area contributed by atoms with Gasteiger partial charge in [-0.2, -0.15) is 0 Å². The molecule has 84 valence electrons. The van der Waals surface area contributed by atoms with Gasteiger partial charge < -0.3 is 15.5 Å². The Bertz CT molecular complexity index is 479. The van der Waals surface area contributed by atoms with E-state index >= 15 is 0 Å². The fraction of sp³-hybridized carbons (Fsp3) is 0.250. The molecule has 0 radical (unpaired) electrons. The minimum absolute atomic E-state index is 0.0521. The van der Waals surface area contributed by atoms with Gasteiger partial charge in [-0.15, -0.1) is 0 Å². The number of hydrogen-bond acceptors (Lipinski definition) is 4. The number of nitrogens with one attached hydrogen (secondary N) is 1. The van der Waals surface area contributed by atoms with Crippen LogP contribution in [-0.2, 0) is 0 Å². The molecular weight excluding hydrogens is 202 g/mol. The SMILES string of the molecule is CNC(c1cccnc1N)c1occc1C. The Labute approximate surface area is 94.5 Å². The van der Waals surface area contributed by atoms with Crippen LogP contribution in [-0.4, -0.2) is 12.0 Å². The molecule has 0 aliphatic carbocycles. The second-order valence-corrected chi connectivity index (χ2v) is 3.67. The lowest BCUT2D eigenvalue weighted by molar-refractivity contribution is 0.460. The summed E-state index contributed by atoms with van der Waals surface area (Å²) in [5, 5.41) is 3.19. The van der Waals surface area contributed by atoms with E-state index in [-0.39, 0.29) is 6.04 Å². The van der Waals surface area contributed by atoms with E-state index in [4.69, 9.17) is 10.2 Å². The zero-order valence-corrected chi connectivity index (χ0v) is 9.40. The van der Waals surface area contributed by atoms with Gasteiger partial charge in [-0.1, -0.05) is 6.07 Å². The van der Waals surface area contributed by atoms with E-state index in [1.807, 2.05) is 32.2 Å². The molecule has 0 aliphatic heterocycles. The fourth-order valence-corrected chi connectivity index (χ4v) is 1.78. The summed E-state index contributed by atoms with van der Waals surface area (Å²) in [6.45, 7) is 2.01. The highest BCUT2D eigenvalue weighted by Gasteiger charge is 2.19. The van der Waals surface area contributed by atoms with Crippen LogP contribution in [0.2, 0.25) is 0 Å². The van der Waals surface area contributed by atoms with E-state index in [1.165, 1.54) is 0 Å². The fourth-order valence-electron chi connectivity index (χ4n) is 1.78. The standard InChI is InChI=1S/C12H15N3O/c1-8-5-7-16-11(8)10(14-2)9-4-3-6-15-12(9)13/h3-7,10,14H,1-2H3,(H2,13,15). The van der Waals surface area contributed by atoms with E-state index in [2.05, 4.69) is 10.3 Å². The van der Waals surface area contributed by atoms with Crippen LogP contribution in [0.15, 0.2) is 35.1 Å². The molecule has 2 rings (SSSR count). The van der Waals surface area contributed by atoms with E-state index in [1.54, 1.807) is 12.5 Å². The summed E-state index contributed by atoms with van der Waals surface area (Å²) in [6, 6.07) is 5.70. The van der Waals surface area contributed by atoms with Crippen LogP contribution in [0.5, 0.6) is 0 Å². The zero-order chi connectivity index (χ0) is 11.5. The molecule has 0 spiro atoms. The highest BCUT2D eigenvalue weighted by Crippen LogP contribution is 2.27. The monoisotopic (exact) mass is 217 g/mol. The van der Waals surface area contributed by atoms with Crippen LogP contribution >= 0.6 is 0 Å². The second-order valence-electron chi connectivity index (χ2n) is 3.67. The second kappa shape index (κ2) is 4.37. The Hall–Kier alpha value is -1.81. The lowest BCUT2D eigenvalue weighted by Gasteiger charge is -2.16. The summed E-state index contributed by atoms with van der Waals surface area (Å²) in [4.78, 5) is 4.08. The van der Waals surface area contributed by atoms with Crippen LogP contribution in [0.4, 0.5) is 5.82 Å². The van der Waals surface area contributed by atoms with Gasteiger partial charge in [-0.25, -0.2) is 4.98 Å². The first-order valence-electron chi connectivity index (χ1n) is 5.15. The van der Waals surface area contributed by atoms with Crippen molar-refractivity contribution in [2.45, 2.75) is 13.0 Å². The van der Waals surface area contributed by atoms with E-state index < -0.39 is 0 Å². The van der Waals surface area contributed by atoms with Crippen molar-refractivity contribution in [2.75, 3.05) is 12.8 Å². The minimum Gasteiger partial charge on any atom is -0.467 e. The van der Waals surface area contributed by atoms with Gasteiger partial charge in [0, 0.05) is 11.8 Å². The van der Waals surface area contributed by atoms with Crippen LogP contribution in [0, 0.1) is 6.92 Å². The number of pyridine rings is 1. The predicted molar refractivity (Wildman–Crippen MR) is 63.0 cm³/mol. The molecule has 2 aromatic heterocycles. The number of aromatic nitrogens is 1. The number of anilines is 1. The average molecular weight is 217 g/mol. The van der Waals surface area contributed by atoms with Crippen LogP contribution in [0.1, 0.15) is 22.9 Å². The Morgan fingerprint density at radius 1 is 1.44 bits per heavy atom. The van der Waals surface area contributed by atoms with Gasteiger partial charge in [0.15, 0.2) is 0 Å². The van der Waals surface area contributed by atoms with Crippen LogP contribution < -0.4 is 11.1 Å². The molecule has 0 saturated heterocycles. The summed E-state index contributed by atoms with van der Waals surface area (Å²) in [5.41, 5.74) is 7.89. The van der Waals surface area contributed by atoms with Crippen molar-refractivity contribution in [1.82, 2.24) is 10.3 Å². The lowest BCUT2D eigenvalue weighted by atomic mass is 10.0. The van der Waals surface area contributed by atoms with Crippen molar-refractivity contribution in [2.24, 2.45) is 0 Å². The van der Waals surface area contributed by atoms with Crippen LogP contribution in [0.25, 0.3) is 0 Å². The van der Waals surface area contributed by atoms with Crippen molar-refractivity contribution < 1.29 is 4.42 Å². The summed E-state index contributed by atoms with van der Waals surface area (Å²) in [5.74, 6) is 1.40. The van der Waals surface area contributed by atoms with E-state index in [9.17, 15) is 0 Å². The summed E-state index contributed by atoms with van der Waals surface area (Å²) in [7, 11) is 1.87. The zero-order valence-electron chi connectivity index (χ0n) is 9.40. The lowest BCUT2D eigenvalue weighted by Crippen LogP contribution is -2.19. The summed E-state index contributed by atoms with van der Waals surface area (Å²) < 4.78 is 5.48. The third-order valence-corrected chi connectivity index (χ3v) is 2.63.